The Labute approximate surface area is 170 Å². The molecule has 0 aromatic heterocycles. The highest BCUT2D eigenvalue weighted by Gasteiger charge is 2.11. The van der Waals surface area contributed by atoms with Crippen LogP contribution in [0.15, 0.2) is 84.9 Å². The van der Waals surface area contributed by atoms with Gasteiger partial charge >= 0.3 is 0 Å². The first-order chi connectivity index (χ1) is 14.1. The highest BCUT2D eigenvalue weighted by Crippen LogP contribution is 2.14. The van der Waals surface area contributed by atoms with E-state index < -0.39 is 0 Å². The van der Waals surface area contributed by atoms with Gasteiger partial charge in [0.2, 0.25) is 0 Å². The van der Waals surface area contributed by atoms with E-state index in [1.165, 1.54) is 0 Å². The van der Waals surface area contributed by atoms with Crippen molar-refractivity contribution >= 4 is 11.8 Å². The lowest BCUT2D eigenvalue weighted by molar-refractivity contribution is -0.123. The van der Waals surface area contributed by atoms with Crippen LogP contribution in [-0.4, -0.2) is 18.4 Å². The molecule has 0 spiro atoms. The fourth-order valence-corrected chi connectivity index (χ4v) is 2.86. The molecular formula is C24H24N2O3. The van der Waals surface area contributed by atoms with Gasteiger partial charge in [0, 0.05) is 12.1 Å². The van der Waals surface area contributed by atoms with Crippen molar-refractivity contribution < 1.29 is 14.3 Å². The summed E-state index contributed by atoms with van der Waals surface area (Å²) in [6.07, 6.45) is 0. The molecule has 5 nitrogen and oxygen atoms in total. The van der Waals surface area contributed by atoms with Gasteiger partial charge in [-0.25, -0.2) is 0 Å². The molecule has 0 fully saturated rings. The number of benzene rings is 3. The summed E-state index contributed by atoms with van der Waals surface area (Å²) < 4.78 is 5.57. The second kappa shape index (κ2) is 10.1. The Kier molecular flexibility index (Phi) is 7.00. The summed E-state index contributed by atoms with van der Waals surface area (Å²) in [7, 11) is 0. The van der Waals surface area contributed by atoms with E-state index in [0.29, 0.717) is 17.9 Å². The Balaban J connectivity index is 1.50. The summed E-state index contributed by atoms with van der Waals surface area (Å²) in [5, 5.41) is 5.78. The molecule has 2 amide bonds. The van der Waals surface area contributed by atoms with Crippen LogP contribution in [0.5, 0.6) is 5.75 Å². The van der Waals surface area contributed by atoms with E-state index in [4.69, 9.17) is 4.74 Å². The maximum Gasteiger partial charge on any atom is 0.258 e. The van der Waals surface area contributed by atoms with E-state index >= 15 is 0 Å². The standard InChI is InChI=1S/C24H24N2O3/c1-18(20-11-6-3-7-12-20)26-23(27)17-29-22-14-8-13-21(15-22)24(28)25-16-19-9-4-2-5-10-19/h2-15,18H,16-17H2,1H3,(H,25,28)(H,26,27)/t18-/m1/s1. The highest BCUT2D eigenvalue weighted by molar-refractivity contribution is 5.94. The van der Waals surface area contributed by atoms with Crippen LogP contribution in [-0.2, 0) is 11.3 Å². The molecule has 0 saturated heterocycles. The normalized spacial score (nSPS) is 11.3. The Hall–Kier alpha value is -3.60. The molecule has 1 atom stereocenters. The highest BCUT2D eigenvalue weighted by atomic mass is 16.5. The quantitative estimate of drug-likeness (QED) is 0.616. The Morgan fingerprint density at radius 3 is 2.31 bits per heavy atom. The van der Waals surface area contributed by atoms with Crippen molar-refractivity contribution in [1.82, 2.24) is 10.6 Å². The first kappa shape index (κ1) is 20.1. The van der Waals surface area contributed by atoms with Gasteiger partial charge in [-0.3, -0.25) is 9.59 Å². The maximum atomic E-state index is 12.4. The molecule has 0 aliphatic carbocycles. The molecule has 5 heteroatoms. The molecule has 0 heterocycles. The first-order valence-corrected chi connectivity index (χ1v) is 9.51. The van der Waals surface area contributed by atoms with Crippen LogP contribution < -0.4 is 15.4 Å². The second-order valence-corrected chi connectivity index (χ2v) is 6.68. The third kappa shape index (κ3) is 6.21. The van der Waals surface area contributed by atoms with E-state index in [2.05, 4.69) is 10.6 Å². The fraction of sp³-hybridized carbons (Fsp3) is 0.167. The van der Waals surface area contributed by atoms with Gasteiger partial charge in [0.05, 0.1) is 6.04 Å². The zero-order valence-corrected chi connectivity index (χ0v) is 16.3. The molecule has 2 N–H and O–H groups in total. The number of carbonyl (C=O) groups is 2. The molecule has 0 saturated carbocycles. The van der Waals surface area contributed by atoms with Gasteiger partial charge in [0.1, 0.15) is 5.75 Å². The smallest absolute Gasteiger partial charge is 0.258 e. The van der Waals surface area contributed by atoms with Gasteiger partial charge < -0.3 is 15.4 Å². The number of rotatable bonds is 8. The number of hydrogen-bond acceptors (Lipinski definition) is 3. The summed E-state index contributed by atoms with van der Waals surface area (Å²) in [5.41, 5.74) is 2.53. The van der Waals surface area contributed by atoms with Crippen molar-refractivity contribution in [2.75, 3.05) is 6.61 Å². The van der Waals surface area contributed by atoms with Gasteiger partial charge in [0.25, 0.3) is 11.8 Å². The number of hydrogen-bond donors (Lipinski definition) is 2. The van der Waals surface area contributed by atoms with E-state index in [-0.39, 0.29) is 24.5 Å². The summed E-state index contributed by atoms with van der Waals surface area (Å²) in [6.45, 7) is 2.25. The van der Waals surface area contributed by atoms with Crippen LogP contribution >= 0.6 is 0 Å². The minimum Gasteiger partial charge on any atom is -0.484 e. The SMILES string of the molecule is C[C@@H](NC(=O)COc1cccc(C(=O)NCc2ccccc2)c1)c1ccccc1. The number of carbonyl (C=O) groups excluding carboxylic acids is 2. The summed E-state index contributed by atoms with van der Waals surface area (Å²) in [4.78, 5) is 24.5. The molecular weight excluding hydrogens is 364 g/mol. The lowest BCUT2D eigenvalue weighted by atomic mass is 10.1. The largest absolute Gasteiger partial charge is 0.484 e. The number of amides is 2. The predicted octanol–water partition coefficient (Wildman–Crippen LogP) is 3.87. The lowest BCUT2D eigenvalue weighted by Gasteiger charge is -2.15. The Bertz CT molecular complexity index is 943. The molecule has 0 aliphatic heterocycles. The van der Waals surface area contributed by atoms with Crippen molar-refractivity contribution in [3.8, 4) is 5.75 Å². The van der Waals surface area contributed by atoms with E-state index in [1.807, 2.05) is 67.6 Å². The number of ether oxygens (including phenoxy) is 1. The zero-order valence-electron chi connectivity index (χ0n) is 16.3. The molecule has 0 bridgehead atoms. The van der Waals surface area contributed by atoms with Gasteiger partial charge in [0.15, 0.2) is 6.61 Å². The van der Waals surface area contributed by atoms with Crippen LogP contribution in [0.25, 0.3) is 0 Å². The second-order valence-electron chi connectivity index (χ2n) is 6.68. The molecule has 3 aromatic carbocycles. The van der Waals surface area contributed by atoms with E-state index in [9.17, 15) is 9.59 Å². The topological polar surface area (TPSA) is 67.4 Å². The third-order valence-electron chi connectivity index (χ3n) is 4.44. The fourth-order valence-electron chi connectivity index (χ4n) is 2.86. The summed E-state index contributed by atoms with van der Waals surface area (Å²) in [5.74, 6) is 0.0571. The lowest BCUT2D eigenvalue weighted by Crippen LogP contribution is -2.31. The minimum atomic E-state index is -0.222. The van der Waals surface area contributed by atoms with Gasteiger partial charge in [-0.1, -0.05) is 66.7 Å². The van der Waals surface area contributed by atoms with Crippen molar-refractivity contribution in [2.24, 2.45) is 0 Å². The van der Waals surface area contributed by atoms with Crippen molar-refractivity contribution in [1.29, 1.82) is 0 Å². The average molecular weight is 388 g/mol. The Morgan fingerprint density at radius 1 is 0.897 bits per heavy atom. The van der Waals surface area contributed by atoms with Crippen LogP contribution in [0.3, 0.4) is 0 Å². The predicted molar refractivity (Wildman–Crippen MR) is 113 cm³/mol. The number of nitrogens with one attached hydrogen (secondary N) is 2. The van der Waals surface area contributed by atoms with Crippen LogP contribution in [0.4, 0.5) is 0 Å². The molecule has 0 radical (unpaired) electrons. The molecule has 0 aliphatic rings. The molecule has 0 unspecified atom stereocenters. The average Bonchev–Trinajstić information content (AvgIpc) is 2.77. The first-order valence-electron chi connectivity index (χ1n) is 9.51. The summed E-state index contributed by atoms with van der Waals surface area (Å²) in [6, 6.07) is 26.1. The zero-order chi connectivity index (χ0) is 20.5. The summed E-state index contributed by atoms with van der Waals surface area (Å²) >= 11 is 0. The molecule has 148 valence electrons. The van der Waals surface area contributed by atoms with Crippen LogP contribution in [0.2, 0.25) is 0 Å². The van der Waals surface area contributed by atoms with Gasteiger partial charge in [-0.15, -0.1) is 0 Å². The van der Waals surface area contributed by atoms with Crippen LogP contribution in [0.1, 0.15) is 34.5 Å². The molecule has 3 aromatic rings. The molecule has 29 heavy (non-hydrogen) atoms. The van der Waals surface area contributed by atoms with Crippen molar-refractivity contribution in [3.63, 3.8) is 0 Å². The van der Waals surface area contributed by atoms with Crippen LogP contribution in [0, 0.1) is 0 Å². The van der Waals surface area contributed by atoms with E-state index in [0.717, 1.165) is 11.1 Å². The van der Waals surface area contributed by atoms with Crippen molar-refractivity contribution in [3.05, 3.63) is 102 Å². The maximum absolute atomic E-state index is 12.4. The third-order valence-corrected chi connectivity index (χ3v) is 4.44. The van der Waals surface area contributed by atoms with Crippen molar-refractivity contribution in [2.45, 2.75) is 19.5 Å². The minimum absolute atomic E-state index is 0.109. The van der Waals surface area contributed by atoms with E-state index in [1.54, 1.807) is 24.3 Å². The molecule has 3 rings (SSSR count). The van der Waals surface area contributed by atoms with Gasteiger partial charge in [-0.2, -0.15) is 0 Å². The van der Waals surface area contributed by atoms with Gasteiger partial charge in [-0.05, 0) is 36.2 Å². The monoisotopic (exact) mass is 388 g/mol. The Morgan fingerprint density at radius 2 is 1.59 bits per heavy atom.